The molecule has 1 aromatic heterocycles. The van der Waals surface area contributed by atoms with Crippen LogP contribution in [0.1, 0.15) is 18.8 Å². The van der Waals surface area contributed by atoms with Gasteiger partial charge in [-0.1, -0.05) is 19.6 Å². The highest BCUT2D eigenvalue weighted by Crippen LogP contribution is 2.07. The van der Waals surface area contributed by atoms with Crippen molar-refractivity contribution in [3.05, 3.63) is 12.2 Å². The number of aromatic nitrogens is 3. The summed E-state index contributed by atoms with van der Waals surface area (Å²) in [5.41, 5.74) is 5.67. The Morgan fingerprint density at radius 1 is 1.50 bits per heavy atom. The molecule has 1 heterocycles. The van der Waals surface area contributed by atoms with Crippen LogP contribution in [0.4, 0.5) is 0 Å². The molecule has 0 saturated carbocycles. The summed E-state index contributed by atoms with van der Waals surface area (Å²) in [6.07, 6.45) is 1.66. The molecule has 0 amide bonds. The van der Waals surface area contributed by atoms with Gasteiger partial charge in [-0.2, -0.15) is 5.10 Å². The van der Waals surface area contributed by atoms with Crippen molar-refractivity contribution in [1.82, 2.24) is 14.8 Å². The zero-order chi connectivity index (χ0) is 12.2. The van der Waals surface area contributed by atoms with Crippen molar-refractivity contribution in [2.75, 3.05) is 6.61 Å². The van der Waals surface area contributed by atoms with Gasteiger partial charge in [-0.3, -0.25) is 0 Å². The first kappa shape index (κ1) is 13.3. The van der Waals surface area contributed by atoms with Crippen LogP contribution >= 0.6 is 0 Å². The highest BCUT2D eigenvalue weighted by atomic mass is 28.3. The van der Waals surface area contributed by atoms with E-state index < -0.39 is 8.07 Å². The zero-order valence-corrected chi connectivity index (χ0v) is 11.6. The summed E-state index contributed by atoms with van der Waals surface area (Å²) in [4.78, 5) is 4.10. The minimum Gasteiger partial charge on any atom is -0.359 e. The molecule has 92 valence electrons. The summed E-state index contributed by atoms with van der Waals surface area (Å²) in [6, 6.07) is 1.05. The Morgan fingerprint density at radius 2 is 2.19 bits per heavy atom. The van der Waals surface area contributed by atoms with E-state index in [9.17, 15) is 0 Å². The number of ether oxygens (including phenoxy) is 1. The summed E-state index contributed by atoms with van der Waals surface area (Å²) in [5, 5.41) is 4.21. The van der Waals surface area contributed by atoms with E-state index in [0.717, 1.165) is 6.61 Å². The number of nitrogens with two attached hydrogens (primary N) is 1. The van der Waals surface area contributed by atoms with Crippen molar-refractivity contribution in [3.8, 4) is 0 Å². The van der Waals surface area contributed by atoms with Gasteiger partial charge in [0.1, 0.15) is 13.1 Å². The molecule has 1 atom stereocenters. The summed E-state index contributed by atoms with van der Waals surface area (Å²) >= 11 is 0. The minimum absolute atomic E-state index is 0.122. The molecule has 0 aromatic carbocycles. The fourth-order valence-electron chi connectivity index (χ4n) is 1.12. The quantitative estimate of drug-likeness (QED) is 0.608. The Kier molecular flexibility index (Phi) is 4.64. The third-order valence-corrected chi connectivity index (χ3v) is 3.89. The van der Waals surface area contributed by atoms with Gasteiger partial charge in [-0.05, 0) is 13.0 Å². The lowest BCUT2D eigenvalue weighted by Gasteiger charge is -2.15. The molecular weight excluding hydrogens is 220 g/mol. The van der Waals surface area contributed by atoms with Gasteiger partial charge in [0.25, 0.3) is 0 Å². The van der Waals surface area contributed by atoms with Crippen molar-refractivity contribution in [3.63, 3.8) is 0 Å². The van der Waals surface area contributed by atoms with E-state index in [1.165, 1.54) is 6.04 Å². The highest BCUT2D eigenvalue weighted by Gasteiger charge is 2.12. The number of hydrogen-bond acceptors (Lipinski definition) is 4. The van der Waals surface area contributed by atoms with Crippen molar-refractivity contribution in [2.24, 2.45) is 5.73 Å². The standard InChI is InChI=1S/C10H22N4OSi/c1-9(11)10-12-7-14(13-10)8-15-5-6-16(2,3)4/h7,9H,5-6,8,11H2,1-4H3. The van der Waals surface area contributed by atoms with Gasteiger partial charge in [-0.15, -0.1) is 0 Å². The summed E-state index contributed by atoms with van der Waals surface area (Å²) in [6.45, 7) is 10.1. The second kappa shape index (κ2) is 5.56. The topological polar surface area (TPSA) is 66.0 Å². The second-order valence-corrected chi connectivity index (χ2v) is 10.9. The minimum atomic E-state index is -0.998. The molecule has 0 aliphatic heterocycles. The van der Waals surface area contributed by atoms with Gasteiger partial charge in [0.05, 0.1) is 6.04 Å². The lowest BCUT2D eigenvalue weighted by molar-refractivity contribution is 0.0780. The van der Waals surface area contributed by atoms with Crippen LogP contribution in [-0.4, -0.2) is 29.4 Å². The van der Waals surface area contributed by atoms with Crippen LogP contribution in [0, 0.1) is 0 Å². The first-order valence-electron chi connectivity index (χ1n) is 5.61. The first-order valence-corrected chi connectivity index (χ1v) is 9.32. The van der Waals surface area contributed by atoms with Gasteiger partial charge in [-0.25, -0.2) is 9.67 Å². The van der Waals surface area contributed by atoms with Gasteiger partial charge < -0.3 is 10.5 Å². The zero-order valence-electron chi connectivity index (χ0n) is 10.6. The predicted octanol–water partition coefficient (Wildman–Crippen LogP) is 1.61. The van der Waals surface area contributed by atoms with Crippen LogP contribution in [0.15, 0.2) is 6.33 Å². The maximum Gasteiger partial charge on any atom is 0.167 e. The molecule has 1 aromatic rings. The molecular formula is C10H22N4OSi. The fourth-order valence-corrected chi connectivity index (χ4v) is 1.87. The van der Waals surface area contributed by atoms with E-state index in [2.05, 4.69) is 29.7 Å². The van der Waals surface area contributed by atoms with Crippen LogP contribution in [-0.2, 0) is 11.5 Å². The molecule has 0 fully saturated rings. The van der Waals surface area contributed by atoms with Crippen molar-refractivity contribution < 1.29 is 4.74 Å². The molecule has 0 aliphatic rings. The van der Waals surface area contributed by atoms with E-state index in [1.807, 2.05) is 6.92 Å². The maximum absolute atomic E-state index is 5.67. The monoisotopic (exact) mass is 242 g/mol. The SMILES string of the molecule is CC(N)c1ncn(COCC[Si](C)(C)C)n1. The normalized spacial score (nSPS) is 14.1. The molecule has 0 spiro atoms. The lowest BCUT2D eigenvalue weighted by atomic mass is 10.4. The van der Waals surface area contributed by atoms with Crippen molar-refractivity contribution in [1.29, 1.82) is 0 Å². The number of rotatable bonds is 6. The van der Waals surface area contributed by atoms with Crippen LogP contribution in [0.25, 0.3) is 0 Å². The molecule has 5 nitrogen and oxygen atoms in total. The van der Waals surface area contributed by atoms with Crippen LogP contribution in [0.5, 0.6) is 0 Å². The molecule has 1 unspecified atom stereocenters. The molecule has 6 heteroatoms. The number of nitrogens with zero attached hydrogens (tertiary/aromatic N) is 3. The number of hydrogen-bond donors (Lipinski definition) is 1. The molecule has 0 saturated heterocycles. The second-order valence-electron chi connectivity index (χ2n) is 5.28. The predicted molar refractivity (Wildman–Crippen MR) is 66.7 cm³/mol. The fraction of sp³-hybridized carbons (Fsp3) is 0.800. The largest absolute Gasteiger partial charge is 0.359 e. The smallest absolute Gasteiger partial charge is 0.167 e. The van der Waals surface area contributed by atoms with E-state index in [1.54, 1.807) is 11.0 Å². The van der Waals surface area contributed by atoms with Crippen LogP contribution < -0.4 is 5.73 Å². The van der Waals surface area contributed by atoms with Gasteiger partial charge in [0.2, 0.25) is 0 Å². The van der Waals surface area contributed by atoms with E-state index in [4.69, 9.17) is 10.5 Å². The summed E-state index contributed by atoms with van der Waals surface area (Å²) in [5.74, 6) is 0.661. The average Bonchev–Trinajstić information content (AvgIpc) is 2.59. The van der Waals surface area contributed by atoms with Gasteiger partial charge in [0, 0.05) is 14.7 Å². The van der Waals surface area contributed by atoms with E-state index in [-0.39, 0.29) is 6.04 Å². The van der Waals surface area contributed by atoms with Gasteiger partial charge >= 0.3 is 0 Å². The Labute approximate surface area is 98.0 Å². The Balaban J connectivity index is 2.27. The lowest BCUT2D eigenvalue weighted by Crippen LogP contribution is -2.22. The third-order valence-electron chi connectivity index (χ3n) is 2.18. The third kappa shape index (κ3) is 4.87. The van der Waals surface area contributed by atoms with E-state index >= 15 is 0 Å². The highest BCUT2D eigenvalue weighted by molar-refractivity contribution is 6.76. The Hall–Kier alpha value is -0.723. The van der Waals surface area contributed by atoms with Crippen molar-refractivity contribution in [2.45, 2.75) is 45.4 Å². The Morgan fingerprint density at radius 3 is 2.69 bits per heavy atom. The summed E-state index contributed by atoms with van der Waals surface area (Å²) in [7, 11) is -0.998. The molecule has 1 rings (SSSR count). The van der Waals surface area contributed by atoms with Gasteiger partial charge in [0.15, 0.2) is 5.82 Å². The molecule has 0 radical (unpaired) electrons. The van der Waals surface area contributed by atoms with Crippen LogP contribution in [0.2, 0.25) is 25.7 Å². The molecule has 0 bridgehead atoms. The van der Waals surface area contributed by atoms with Crippen molar-refractivity contribution >= 4 is 8.07 Å². The average molecular weight is 242 g/mol. The molecule has 16 heavy (non-hydrogen) atoms. The van der Waals surface area contributed by atoms with Crippen LogP contribution in [0.3, 0.4) is 0 Å². The first-order chi connectivity index (χ1) is 7.38. The Bertz CT molecular complexity index is 319. The summed E-state index contributed by atoms with van der Waals surface area (Å²) < 4.78 is 7.23. The molecule has 0 aliphatic carbocycles. The van der Waals surface area contributed by atoms with E-state index in [0.29, 0.717) is 12.6 Å². The molecule has 2 N–H and O–H groups in total. The maximum atomic E-state index is 5.67.